The molecule has 0 aliphatic carbocycles. The lowest BCUT2D eigenvalue weighted by Crippen LogP contribution is -2.44. The standard InChI is InChI=1S/C37H29NO3/c39-36(30-22-12-4-13-23-30)38-32(27-16-6-1-7-17-27)26-33(41-37(40)31-24-14-5-15-25-31)34(28-18-8-2-9-19-28)35(38)29-20-10-3-11-21-29/h1-26,32,34-35H/t32-,34+,35-/m0/s1. The lowest BCUT2D eigenvalue weighted by atomic mass is 9.79. The average molecular weight is 536 g/mol. The predicted molar refractivity (Wildman–Crippen MR) is 160 cm³/mol. The zero-order chi connectivity index (χ0) is 28.0. The number of amides is 1. The summed E-state index contributed by atoms with van der Waals surface area (Å²) in [6.07, 6.45) is 1.94. The quantitative estimate of drug-likeness (QED) is 0.206. The van der Waals surface area contributed by atoms with E-state index in [-0.39, 0.29) is 5.91 Å². The largest absolute Gasteiger partial charge is 0.427 e. The van der Waals surface area contributed by atoms with Crippen LogP contribution >= 0.6 is 0 Å². The van der Waals surface area contributed by atoms with Crippen molar-refractivity contribution >= 4 is 11.9 Å². The zero-order valence-electron chi connectivity index (χ0n) is 22.4. The molecule has 1 aliphatic heterocycles. The summed E-state index contributed by atoms with van der Waals surface area (Å²) in [6.45, 7) is 0. The number of nitrogens with zero attached hydrogens (tertiary/aromatic N) is 1. The summed E-state index contributed by atoms with van der Waals surface area (Å²) in [5, 5.41) is 0. The van der Waals surface area contributed by atoms with Crippen molar-refractivity contribution < 1.29 is 14.3 Å². The van der Waals surface area contributed by atoms with Crippen molar-refractivity contribution in [3.8, 4) is 0 Å². The van der Waals surface area contributed by atoms with Crippen molar-refractivity contribution in [1.82, 2.24) is 4.90 Å². The van der Waals surface area contributed by atoms with Gasteiger partial charge in [-0.2, -0.15) is 0 Å². The highest BCUT2D eigenvalue weighted by Gasteiger charge is 2.44. The van der Waals surface area contributed by atoms with Gasteiger partial charge in [0.2, 0.25) is 0 Å². The highest BCUT2D eigenvalue weighted by molar-refractivity contribution is 5.95. The van der Waals surface area contributed by atoms with Crippen molar-refractivity contribution in [2.45, 2.75) is 18.0 Å². The zero-order valence-corrected chi connectivity index (χ0v) is 22.4. The van der Waals surface area contributed by atoms with E-state index in [0.29, 0.717) is 16.9 Å². The van der Waals surface area contributed by atoms with Crippen molar-refractivity contribution in [2.24, 2.45) is 0 Å². The maximum absolute atomic E-state index is 14.5. The molecule has 4 heteroatoms. The number of benzene rings is 5. The van der Waals surface area contributed by atoms with E-state index in [0.717, 1.165) is 16.7 Å². The van der Waals surface area contributed by atoms with E-state index in [2.05, 4.69) is 0 Å². The monoisotopic (exact) mass is 535 g/mol. The van der Waals surface area contributed by atoms with E-state index in [1.165, 1.54) is 0 Å². The molecule has 1 heterocycles. The summed E-state index contributed by atoms with van der Waals surface area (Å²) < 4.78 is 6.27. The topological polar surface area (TPSA) is 46.6 Å². The van der Waals surface area contributed by atoms with Crippen LogP contribution in [0.1, 0.15) is 55.4 Å². The summed E-state index contributed by atoms with van der Waals surface area (Å²) in [4.78, 5) is 29.9. The molecule has 41 heavy (non-hydrogen) atoms. The number of carbonyl (C=O) groups is 2. The van der Waals surface area contributed by atoms with Crippen LogP contribution in [0.3, 0.4) is 0 Å². The summed E-state index contributed by atoms with van der Waals surface area (Å²) in [5.41, 5.74) is 3.89. The van der Waals surface area contributed by atoms with Crippen LogP contribution < -0.4 is 0 Å². The number of rotatable bonds is 6. The maximum Gasteiger partial charge on any atom is 0.343 e. The van der Waals surface area contributed by atoms with Gasteiger partial charge in [0, 0.05) is 5.56 Å². The van der Waals surface area contributed by atoms with Crippen molar-refractivity contribution in [2.75, 3.05) is 0 Å². The van der Waals surface area contributed by atoms with Crippen molar-refractivity contribution in [3.05, 3.63) is 191 Å². The molecule has 0 fully saturated rings. The van der Waals surface area contributed by atoms with Crippen LogP contribution in [0.4, 0.5) is 0 Å². The second kappa shape index (κ2) is 11.9. The Morgan fingerprint density at radius 3 is 1.49 bits per heavy atom. The van der Waals surface area contributed by atoms with Gasteiger partial charge in [0.25, 0.3) is 5.91 Å². The highest BCUT2D eigenvalue weighted by atomic mass is 16.5. The van der Waals surface area contributed by atoms with Gasteiger partial charge in [-0.1, -0.05) is 127 Å². The Morgan fingerprint density at radius 2 is 0.951 bits per heavy atom. The number of esters is 1. The van der Waals surface area contributed by atoms with Gasteiger partial charge in [0.1, 0.15) is 5.76 Å². The van der Waals surface area contributed by atoms with Crippen molar-refractivity contribution in [1.29, 1.82) is 0 Å². The molecule has 5 aromatic rings. The third-order valence-corrected chi connectivity index (χ3v) is 7.46. The van der Waals surface area contributed by atoms with Crippen LogP contribution in [0.5, 0.6) is 0 Å². The summed E-state index contributed by atoms with van der Waals surface area (Å²) >= 11 is 0. The molecular weight excluding hydrogens is 506 g/mol. The molecule has 0 N–H and O–H groups in total. The number of carbonyl (C=O) groups excluding carboxylic acids is 2. The third kappa shape index (κ3) is 5.45. The molecule has 1 aliphatic rings. The second-order valence-corrected chi connectivity index (χ2v) is 10.0. The van der Waals surface area contributed by atoms with Crippen molar-refractivity contribution in [3.63, 3.8) is 0 Å². The van der Waals surface area contributed by atoms with Gasteiger partial charge in [-0.15, -0.1) is 0 Å². The summed E-state index contributed by atoms with van der Waals surface area (Å²) in [6, 6.07) is 47.3. The van der Waals surface area contributed by atoms with Crippen LogP contribution in [0, 0.1) is 0 Å². The van der Waals surface area contributed by atoms with E-state index in [1.807, 2.05) is 151 Å². The minimum absolute atomic E-state index is 0.0982. The Bertz CT molecular complexity index is 1640. The molecular formula is C37H29NO3. The van der Waals surface area contributed by atoms with Crippen LogP contribution in [0.2, 0.25) is 0 Å². The first-order valence-corrected chi connectivity index (χ1v) is 13.7. The predicted octanol–water partition coefficient (Wildman–Crippen LogP) is 8.15. The fourth-order valence-corrected chi connectivity index (χ4v) is 5.57. The Labute approximate surface area is 240 Å². The van der Waals surface area contributed by atoms with Gasteiger partial charge < -0.3 is 9.64 Å². The Morgan fingerprint density at radius 1 is 0.512 bits per heavy atom. The van der Waals surface area contributed by atoms with Crippen LogP contribution in [0.25, 0.3) is 0 Å². The fraction of sp³-hybridized carbons (Fsp3) is 0.0811. The molecule has 0 spiro atoms. The molecule has 6 rings (SSSR count). The normalized spacial score (nSPS) is 18.3. The van der Waals surface area contributed by atoms with Crippen LogP contribution in [0.15, 0.2) is 163 Å². The number of ether oxygens (including phenoxy) is 1. The smallest absolute Gasteiger partial charge is 0.343 e. The lowest BCUT2D eigenvalue weighted by Gasteiger charge is -2.46. The number of hydrogen-bond donors (Lipinski definition) is 0. The van der Waals surface area contributed by atoms with Gasteiger partial charge >= 0.3 is 5.97 Å². The van der Waals surface area contributed by atoms with Gasteiger partial charge in [-0.3, -0.25) is 4.79 Å². The molecule has 1 amide bonds. The Hall–Kier alpha value is -5.22. The molecule has 0 saturated carbocycles. The van der Waals surface area contributed by atoms with E-state index in [4.69, 9.17) is 4.74 Å². The minimum atomic E-state index is -0.479. The highest BCUT2D eigenvalue weighted by Crippen LogP contribution is 2.50. The Balaban J connectivity index is 1.59. The molecule has 3 atom stereocenters. The van der Waals surface area contributed by atoms with Gasteiger partial charge in [-0.25, -0.2) is 4.79 Å². The first kappa shape index (κ1) is 26.0. The fourth-order valence-electron chi connectivity index (χ4n) is 5.57. The maximum atomic E-state index is 14.5. The molecule has 4 nitrogen and oxygen atoms in total. The minimum Gasteiger partial charge on any atom is -0.427 e. The first-order chi connectivity index (χ1) is 20.2. The van der Waals surface area contributed by atoms with E-state index in [1.54, 1.807) is 12.1 Å². The summed E-state index contributed by atoms with van der Waals surface area (Å²) in [5.74, 6) is -0.443. The molecule has 0 bridgehead atoms. The SMILES string of the molecule is O=C(OC1=C[C@@H](c2ccccc2)N(C(=O)c2ccccc2)[C@@H](c2ccccc2)[C@@H]1c1ccccc1)c1ccccc1. The van der Waals surface area contributed by atoms with Gasteiger partial charge in [0.15, 0.2) is 0 Å². The molecule has 0 saturated heterocycles. The number of hydrogen-bond acceptors (Lipinski definition) is 3. The first-order valence-electron chi connectivity index (χ1n) is 13.7. The van der Waals surface area contributed by atoms with E-state index < -0.39 is 24.0 Å². The molecule has 0 radical (unpaired) electrons. The van der Waals surface area contributed by atoms with E-state index >= 15 is 0 Å². The molecule has 0 aromatic heterocycles. The van der Waals surface area contributed by atoms with Gasteiger partial charge in [-0.05, 0) is 47.0 Å². The van der Waals surface area contributed by atoms with Crippen LogP contribution in [-0.4, -0.2) is 16.8 Å². The molecule has 200 valence electrons. The summed E-state index contributed by atoms with van der Waals surface area (Å²) in [7, 11) is 0. The average Bonchev–Trinajstić information content (AvgIpc) is 3.06. The Kier molecular flexibility index (Phi) is 7.55. The van der Waals surface area contributed by atoms with E-state index in [9.17, 15) is 9.59 Å². The second-order valence-electron chi connectivity index (χ2n) is 10.0. The third-order valence-electron chi connectivity index (χ3n) is 7.46. The van der Waals surface area contributed by atoms with Gasteiger partial charge in [0.05, 0.1) is 23.6 Å². The lowest BCUT2D eigenvalue weighted by molar-refractivity contribution is 0.0428. The van der Waals surface area contributed by atoms with Crippen LogP contribution in [-0.2, 0) is 4.74 Å². The molecule has 5 aromatic carbocycles. The molecule has 0 unspecified atom stereocenters.